The Bertz CT molecular complexity index is 1210. The van der Waals surface area contributed by atoms with Crippen LogP contribution in [-0.2, 0) is 6.54 Å². The molecule has 0 aliphatic carbocycles. The number of aromatic amines is 1. The predicted octanol–water partition coefficient (Wildman–Crippen LogP) is 2.52. The Kier molecular flexibility index (Phi) is 4.26. The highest BCUT2D eigenvalue weighted by atomic mass is 32.1. The summed E-state index contributed by atoms with van der Waals surface area (Å²) >= 11 is 5.23. The van der Waals surface area contributed by atoms with E-state index in [4.69, 9.17) is 12.2 Å². The fourth-order valence-corrected chi connectivity index (χ4v) is 2.72. The average Bonchev–Trinajstić information content (AvgIpc) is 3.25. The third-order valence-corrected chi connectivity index (χ3v) is 4.12. The topological polar surface area (TPSA) is 120 Å². The van der Waals surface area contributed by atoms with Gasteiger partial charge in [-0.25, -0.2) is 4.68 Å². The highest BCUT2D eigenvalue weighted by molar-refractivity contribution is 7.71. The van der Waals surface area contributed by atoms with Crippen molar-refractivity contribution in [3.63, 3.8) is 0 Å². The fourth-order valence-electron chi connectivity index (χ4n) is 2.52. The van der Waals surface area contributed by atoms with Crippen molar-refractivity contribution >= 4 is 35.2 Å². The highest BCUT2D eigenvalue weighted by Crippen LogP contribution is 2.13. The maximum absolute atomic E-state index is 10.7. The van der Waals surface area contributed by atoms with Gasteiger partial charge in [-0.15, -0.1) is 5.10 Å². The molecule has 0 unspecified atom stereocenters. The van der Waals surface area contributed by atoms with Gasteiger partial charge in [-0.05, 0) is 42.0 Å². The van der Waals surface area contributed by atoms with E-state index in [9.17, 15) is 10.1 Å². The molecule has 0 aliphatic heterocycles. The number of nitro benzene ring substituents is 1. The Hall–Kier alpha value is -3.73. The van der Waals surface area contributed by atoms with E-state index in [0.717, 1.165) is 11.0 Å². The van der Waals surface area contributed by atoms with Crippen LogP contribution in [0.3, 0.4) is 0 Å². The van der Waals surface area contributed by atoms with Gasteiger partial charge in [0.1, 0.15) is 12.1 Å². The van der Waals surface area contributed by atoms with Crippen LogP contribution in [0.25, 0.3) is 11.0 Å². The summed E-state index contributed by atoms with van der Waals surface area (Å²) in [5.74, 6) is 0.550. The zero-order valence-electron chi connectivity index (χ0n) is 13.8. The van der Waals surface area contributed by atoms with Crippen molar-refractivity contribution < 1.29 is 4.92 Å². The molecule has 2 aromatic carbocycles. The quantitative estimate of drug-likeness (QED) is 0.246. The van der Waals surface area contributed by atoms with Crippen LogP contribution in [0.4, 0.5) is 5.69 Å². The molecule has 0 saturated heterocycles. The van der Waals surface area contributed by atoms with Gasteiger partial charge in [-0.2, -0.15) is 14.9 Å². The number of fused-ring (bicyclic) bond motifs is 1. The maximum Gasteiger partial charge on any atom is 0.269 e. The predicted molar refractivity (Wildman–Crippen MR) is 100 cm³/mol. The Labute approximate surface area is 156 Å². The maximum atomic E-state index is 10.7. The Balaban J connectivity index is 1.62. The van der Waals surface area contributed by atoms with Crippen LogP contribution in [-0.4, -0.2) is 41.0 Å². The molecule has 0 atom stereocenters. The molecule has 10 nitrogen and oxygen atoms in total. The second-order valence-electron chi connectivity index (χ2n) is 5.59. The van der Waals surface area contributed by atoms with Crippen molar-refractivity contribution in [1.29, 1.82) is 0 Å². The van der Waals surface area contributed by atoms with Gasteiger partial charge in [0.15, 0.2) is 5.82 Å². The lowest BCUT2D eigenvalue weighted by molar-refractivity contribution is -0.384. The molecule has 2 aromatic heterocycles. The Morgan fingerprint density at radius 1 is 1.22 bits per heavy atom. The van der Waals surface area contributed by atoms with Crippen LogP contribution in [0.2, 0.25) is 0 Å². The van der Waals surface area contributed by atoms with Crippen molar-refractivity contribution in [2.75, 3.05) is 0 Å². The van der Waals surface area contributed by atoms with Crippen molar-refractivity contribution in [3.05, 3.63) is 74.8 Å². The van der Waals surface area contributed by atoms with Crippen LogP contribution in [0.1, 0.15) is 11.4 Å². The molecule has 0 saturated carbocycles. The number of hydrogen-bond donors (Lipinski definition) is 1. The molecule has 4 aromatic rings. The summed E-state index contributed by atoms with van der Waals surface area (Å²) in [5.41, 5.74) is 2.37. The van der Waals surface area contributed by atoms with Crippen LogP contribution in [0, 0.1) is 14.9 Å². The summed E-state index contributed by atoms with van der Waals surface area (Å²) in [5, 5.41) is 30.2. The molecule has 0 spiro atoms. The highest BCUT2D eigenvalue weighted by Gasteiger charge is 2.10. The molecule has 134 valence electrons. The normalized spacial score (nSPS) is 11.4. The summed E-state index contributed by atoms with van der Waals surface area (Å²) in [6, 6.07) is 13.6. The van der Waals surface area contributed by atoms with Gasteiger partial charge in [0.05, 0.1) is 16.7 Å². The first-order chi connectivity index (χ1) is 13.1. The molecule has 0 radical (unpaired) electrons. The number of nitrogens with one attached hydrogen (secondary N) is 1. The molecule has 4 rings (SSSR count). The lowest BCUT2D eigenvalue weighted by Crippen LogP contribution is -2.08. The van der Waals surface area contributed by atoms with E-state index in [0.29, 0.717) is 22.7 Å². The number of para-hydroxylation sites is 1. The van der Waals surface area contributed by atoms with Gasteiger partial charge < -0.3 is 0 Å². The molecule has 11 heteroatoms. The molecule has 0 aliphatic rings. The molecular formula is C16H12N8O2S. The van der Waals surface area contributed by atoms with Gasteiger partial charge in [-0.3, -0.25) is 15.2 Å². The summed E-state index contributed by atoms with van der Waals surface area (Å²) < 4.78 is 3.51. The number of benzene rings is 2. The van der Waals surface area contributed by atoms with E-state index in [-0.39, 0.29) is 5.69 Å². The second kappa shape index (κ2) is 6.88. The smallest absolute Gasteiger partial charge is 0.258 e. The van der Waals surface area contributed by atoms with Crippen molar-refractivity contribution in [1.82, 2.24) is 29.9 Å². The molecule has 0 bridgehead atoms. The number of aromatic nitrogens is 6. The van der Waals surface area contributed by atoms with E-state index < -0.39 is 4.92 Å². The van der Waals surface area contributed by atoms with Crippen molar-refractivity contribution in [3.8, 4) is 0 Å². The lowest BCUT2D eigenvalue weighted by atomic mass is 10.2. The Morgan fingerprint density at radius 3 is 2.78 bits per heavy atom. The van der Waals surface area contributed by atoms with Gasteiger partial charge in [0.25, 0.3) is 5.69 Å². The first-order valence-electron chi connectivity index (χ1n) is 7.85. The Morgan fingerprint density at radius 2 is 2.00 bits per heavy atom. The minimum absolute atomic E-state index is 0.0193. The molecule has 27 heavy (non-hydrogen) atoms. The summed E-state index contributed by atoms with van der Waals surface area (Å²) in [4.78, 5) is 10.3. The summed E-state index contributed by atoms with van der Waals surface area (Å²) in [6.45, 7) is 0.325. The SMILES string of the molecule is O=[N+]([O-])c1ccc(/C=N\n2c(Cn3nnc4ccccc43)n[nH]c2=S)cc1. The molecular weight excluding hydrogens is 368 g/mol. The number of nitro groups is 1. The van der Waals surface area contributed by atoms with E-state index in [1.165, 1.54) is 16.8 Å². The first kappa shape index (κ1) is 16.7. The monoisotopic (exact) mass is 380 g/mol. The standard InChI is InChI=1S/C16H12N8O2S/c25-24(26)12-7-5-11(6-8-12)9-17-23-15(19-20-16(23)27)10-22-14-4-2-1-3-13(14)18-21-22/h1-9H,10H2,(H,20,27)/b17-9-. The zero-order valence-corrected chi connectivity index (χ0v) is 14.6. The van der Waals surface area contributed by atoms with E-state index in [1.807, 2.05) is 24.3 Å². The van der Waals surface area contributed by atoms with Crippen molar-refractivity contribution in [2.45, 2.75) is 6.54 Å². The molecule has 2 heterocycles. The number of hydrogen-bond acceptors (Lipinski definition) is 7. The third-order valence-electron chi connectivity index (χ3n) is 3.86. The molecule has 0 fully saturated rings. The first-order valence-corrected chi connectivity index (χ1v) is 8.26. The van der Waals surface area contributed by atoms with Gasteiger partial charge in [0, 0.05) is 12.1 Å². The minimum atomic E-state index is -0.451. The molecule has 1 N–H and O–H groups in total. The lowest BCUT2D eigenvalue weighted by Gasteiger charge is -2.02. The van der Waals surface area contributed by atoms with Gasteiger partial charge >= 0.3 is 0 Å². The van der Waals surface area contributed by atoms with Crippen LogP contribution < -0.4 is 0 Å². The minimum Gasteiger partial charge on any atom is -0.258 e. The van der Waals surface area contributed by atoms with E-state index in [1.54, 1.807) is 23.0 Å². The number of H-pyrrole nitrogens is 1. The van der Waals surface area contributed by atoms with Crippen LogP contribution in [0.5, 0.6) is 0 Å². The van der Waals surface area contributed by atoms with Crippen LogP contribution >= 0.6 is 12.2 Å². The summed E-state index contributed by atoms with van der Waals surface area (Å²) in [6.07, 6.45) is 1.55. The third kappa shape index (κ3) is 3.35. The van der Waals surface area contributed by atoms with Crippen molar-refractivity contribution in [2.24, 2.45) is 5.10 Å². The number of rotatable bonds is 5. The second-order valence-corrected chi connectivity index (χ2v) is 5.97. The van der Waals surface area contributed by atoms with Gasteiger partial charge in [-0.1, -0.05) is 17.3 Å². The fraction of sp³-hybridized carbons (Fsp3) is 0.0625. The van der Waals surface area contributed by atoms with Crippen LogP contribution in [0.15, 0.2) is 53.6 Å². The number of non-ortho nitro benzene ring substituents is 1. The van der Waals surface area contributed by atoms with Gasteiger partial charge in [0.2, 0.25) is 4.77 Å². The summed E-state index contributed by atoms with van der Waals surface area (Å²) in [7, 11) is 0. The van der Waals surface area contributed by atoms with E-state index >= 15 is 0 Å². The zero-order chi connectivity index (χ0) is 18.8. The van der Waals surface area contributed by atoms with E-state index in [2.05, 4.69) is 25.6 Å². The number of nitrogens with zero attached hydrogens (tertiary/aromatic N) is 7. The largest absolute Gasteiger partial charge is 0.269 e. The molecule has 0 amide bonds. The average molecular weight is 380 g/mol.